The molecule has 0 spiro atoms. The maximum Gasteiger partial charge on any atom is 0.270 e. The van der Waals surface area contributed by atoms with E-state index in [0.717, 1.165) is 11.3 Å². The Bertz CT molecular complexity index is 1470. The Balaban J connectivity index is 1.68. The van der Waals surface area contributed by atoms with E-state index in [2.05, 4.69) is 16.0 Å². The molecule has 3 amide bonds. The fourth-order valence-corrected chi connectivity index (χ4v) is 5.35. The molecule has 0 aliphatic carbocycles. The molecule has 1 aliphatic rings. The molecule has 11 nitrogen and oxygen atoms in total. The number of nitrogens with zero attached hydrogens (tertiary/aromatic N) is 4. The van der Waals surface area contributed by atoms with E-state index in [-0.39, 0.29) is 29.5 Å². The van der Waals surface area contributed by atoms with Gasteiger partial charge in [-0.15, -0.1) is 11.3 Å². The second kappa shape index (κ2) is 13.4. The minimum absolute atomic E-state index is 0.0997. The molecule has 0 radical (unpaired) electrons. The van der Waals surface area contributed by atoms with Crippen molar-refractivity contribution >= 4 is 52.2 Å². The standard InChI is InChI=1S/C28H37N7O4S/c1-6-30-24(37)21(16-29)26-35(7-2)25(38)22(40-26)17-31-19-9-8-10-20(15-19)32-23(36)18-33-11-13-34(14-12-33)27(39)28(3,4)5/h8-10,15,17,31H,6-7,11-14,18H2,1-5H3,(H,30,37)(H,32,36)/b22-17+,26-21-. The van der Waals surface area contributed by atoms with E-state index in [9.17, 15) is 24.4 Å². The Morgan fingerprint density at radius 1 is 1.10 bits per heavy atom. The van der Waals surface area contributed by atoms with Crippen molar-refractivity contribution in [3.05, 3.63) is 43.8 Å². The van der Waals surface area contributed by atoms with Gasteiger partial charge >= 0.3 is 0 Å². The lowest BCUT2D eigenvalue weighted by Gasteiger charge is -2.37. The fraction of sp³-hybridized carbons (Fsp3) is 0.464. The Morgan fingerprint density at radius 2 is 1.77 bits per heavy atom. The predicted molar refractivity (Wildman–Crippen MR) is 157 cm³/mol. The first-order valence-corrected chi connectivity index (χ1v) is 14.1. The van der Waals surface area contributed by atoms with Crippen molar-refractivity contribution < 1.29 is 14.4 Å². The molecule has 40 heavy (non-hydrogen) atoms. The lowest BCUT2D eigenvalue weighted by Crippen LogP contribution is -2.52. The van der Waals surface area contributed by atoms with E-state index in [1.807, 2.05) is 36.6 Å². The van der Waals surface area contributed by atoms with E-state index < -0.39 is 11.3 Å². The van der Waals surface area contributed by atoms with E-state index in [4.69, 9.17) is 0 Å². The summed E-state index contributed by atoms with van der Waals surface area (Å²) in [5.74, 6) is -0.553. The number of benzene rings is 1. The number of hydrogen-bond acceptors (Lipinski definition) is 8. The number of amides is 3. The number of anilines is 2. The number of nitrogens with one attached hydrogen (secondary N) is 3. The molecule has 214 valence electrons. The molecule has 1 aromatic carbocycles. The van der Waals surface area contributed by atoms with E-state index in [1.165, 1.54) is 10.8 Å². The summed E-state index contributed by atoms with van der Waals surface area (Å²) < 4.78 is 2.05. The van der Waals surface area contributed by atoms with Gasteiger partial charge in [-0.3, -0.25) is 28.6 Å². The number of carbonyl (C=O) groups excluding carboxylic acids is 3. The van der Waals surface area contributed by atoms with Crippen LogP contribution in [-0.2, 0) is 20.9 Å². The van der Waals surface area contributed by atoms with Gasteiger partial charge in [-0.05, 0) is 32.0 Å². The first-order chi connectivity index (χ1) is 19.0. The van der Waals surface area contributed by atoms with Crippen molar-refractivity contribution in [3.8, 4) is 6.07 Å². The lowest BCUT2D eigenvalue weighted by atomic mass is 9.94. The third-order valence-electron chi connectivity index (χ3n) is 6.30. The molecule has 2 heterocycles. The third-order valence-corrected chi connectivity index (χ3v) is 7.43. The Labute approximate surface area is 237 Å². The van der Waals surface area contributed by atoms with Crippen LogP contribution in [0.1, 0.15) is 34.6 Å². The van der Waals surface area contributed by atoms with Crippen LogP contribution in [0, 0.1) is 16.7 Å². The molecule has 0 unspecified atom stereocenters. The van der Waals surface area contributed by atoms with Crippen LogP contribution in [-0.4, -0.2) is 71.4 Å². The van der Waals surface area contributed by atoms with Crippen LogP contribution >= 0.6 is 11.3 Å². The molecule has 1 aliphatic heterocycles. The Morgan fingerprint density at radius 3 is 2.38 bits per heavy atom. The summed E-state index contributed by atoms with van der Waals surface area (Å²) in [6.45, 7) is 12.6. The summed E-state index contributed by atoms with van der Waals surface area (Å²) in [6, 6.07) is 9.03. The zero-order valence-corrected chi connectivity index (χ0v) is 24.5. The summed E-state index contributed by atoms with van der Waals surface area (Å²) in [4.78, 5) is 54.3. The SMILES string of the molecule is CCNC(=O)/C(C#N)=c1\s/c(=C/Nc2cccc(NC(=O)CN3CCN(C(=O)C(C)(C)C)CC3)c2)c(=O)n1CC. The minimum Gasteiger partial charge on any atom is -0.360 e. The number of rotatable bonds is 8. The van der Waals surface area contributed by atoms with Crippen molar-refractivity contribution in [2.75, 3.05) is 49.9 Å². The van der Waals surface area contributed by atoms with Gasteiger partial charge in [0.15, 0.2) is 5.57 Å². The number of hydrogen-bond donors (Lipinski definition) is 3. The molecular weight excluding hydrogens is 530 g/mol. The number of thiazole rings is 1. The number of nitriles is 1. The average molecular weight is 568 g/mol. The number of aromatic nitrogens is 1. The van der Waals surface area contributed by atoms with Crippen molar-refractivity contribution in [3.63, 3.8) is 0 Å². The highest BCUT2D eigenvalue weighted by atomic mass is 32.1. The minimum atomic E-state index is -0.517. The van der Waals surface area contributed by atoms with Gasteiger partial charge in [-0.2, -0.15) is 5.26 Å². The number of carbonyl (C=O) groups is 3. The lowest BCUT2D eigenvalue weighted by molar-refractivity contribution is -0.141. The zero-order valence-electron chi connectivity index (χ0n) is 23.7. The topological polar surface area (TPSA) is 140 Å². The van der Waals surface area contributed by atoms with Crippen molar-refractivity contribution in [1.29, 1.82) is 5.26 Å². The molecule has 1 saturated heterocycles. The van der Waals surface area contributed by atoms with Crippen LogP contribution in [0.15, 0.2) is 29.1 Å². The van der Waals surface area contributed by atoms with Gasteiger partial charge in [0.05, 0.1) is 6.54 Å². The van der Waals surface area contributed by atoms with Crippen molar-refractivity contribution in [1.82, 2.24) is 19.7 Å². The maximum absolute atomic E-state index is 12.9. The predicted octanol–water partition coefficient (Wildman–Crippen LogP) is 0.719. The zero-order chi connectivity index (χ0) is 29.4. The summed E-state index contributed by atoms with van der Waals surface area (Å²) in [7, 11) is 0. The molecule has 0 saturated carbocycles. The van der Waals surface area contributed by atoms with Crippen LogP contribution in [0.5, 0.6) is 0 Å². The van der Waals surface area contributed by atoms with Crippen LogP contribution in [0.2, 0.25) is 0 Å². The molecule has 0 bridgehead atoms. The summed E-state index contributed by atoms with van der Waals surface area (Å²) >= 11 is 1.07. The number of piperazine rings is 1. The molecule has 0 atom stereocenters. The fourth-order valence-electron chi connectivity index (χ4n) is 4.26. The smallest absolute Gasteiger partial charge is 0.270 e. The molecular formula is C28H37N7O4S. The van der Waals surface area contributed by atoms with E-state index in [0.29, 0.717) is 59.8 Å². The van der Waals surface area contributed by atoms with E-state index in [1.54, 1.807) is 38.1 Å². The molecule has 1 fully saturated rings. The highest BCUT2D eigenvalue weighted by Crippen LogP contribution is 2.19. The summed E-state index contributed by atoms with van der Waals surface area (Å²) in [5.41, 5.74) is 0.423. The van der Waals surface area contributed by atoms with Crippen LogP contribution < -0.4 is 30.7 Å². The van der Waals surface area contributed by atoms with E-state index >= 15 is 0 Å². The monoisotopic (exact) mass is 567 g/mol. The van der Waals surface area contributed by atoms with Crippen LogP contribution in [0.3, 0.4) is 0 Å². The summed E-state index contributed by atoms with van der Waals surface area (Å²) in [6.07, 6.45) is 1.54. The molecule has 3 rings (SSSR count). The quantitative estimate of drug-likeness (QED) is 0.427. The highest BCUT2D eigenvalue weighted by Gasteiger charge is 2.30. The molecule has 12 heteroatoms. The molecule has 1 aromatic heterocycles. The van der Waals surface area contributed by atoms with Crippen LogP contribution in [0.4, 0.5) is 11.4 Å². The van der Waals surface area contributed by atoms with Gasteiger partial charge in [0.1, 0.15) is 15.3 Å². The Hall–Kier alpha value is -3.95. The van der Waals surface area contributed by atoms with Gasteiger partial charge in [0.2, 0.25) is 11.8 Å². The first-order valence-electron chi connectivity index (χ1n) is 13.3. The highest BCUT2D eigenvalue weighted by molar-refractivity contribution is 7.07. The van der Waals surface area contributed by atoms with Crippen molar-refractivity contribution in [2.45, 2.75) is 41.2 Å². The van der Waals surface area contributed by atoms with Gasteiger partial charge in [0.25, 0.3) is 11.5 Å². The van der Waals surface area contributed by atoms with Gasteiger partial charge in [-0.25, -0.2) is 0 Å². The molecule has 3 N–H and O–H groups in total. The Kier molecular flexibility index (Phi) is 10.3. The normalized spacial score (nSPS) is 15.3. The molecule has 2 aromatic rings. The summed E-state index contributed by atoms with van der Waals surface area (Å²) in [5, 5.41) is 18.1. The third kappa shape index (κ3) is 7.58. The maximum atomic E-state index is 12.9. The van der Waals surface area contributed by atoms with Gasteiger partial charge < -0.3 is 20.9 Å². The average Bonchev–Trinajstić information content (AvgIpc) is 3.22. The van der Waals surface area contributed by atoms with Gasteiger partial charge in [-0.1, -0.05) is 26.8 Å². The van der Waals surface area contributed by atoms with Gasteiger partial charge in [0, 0.05) is 62.3 Å². The van der Waals surface area contributed by atoms with Crippen LogP contribution in [0.25, 0.3) is 11.8 Å². The first kappa shape index (κ1) is 30.6. The second-order valence-electron chi connectivity index (χ2n) is 10.4. The van der Waals surface area contributed by atoms with Crippen molar-refractivity contribution in [2.24, 2.45) is 5.41 Å². The second-order valence-corrected chi connectivity index (χ2v) is 11.4. The largest absolute Gasteiger partial charge is 0.360 e.